The first-order chi connectivity index (χ1) is 41.0. The lowest BCUT2D eigenvalue weighted by Crippen LogP contribution is -2.30. The average molecular weight is 1150 g/mol. The van der Waals surface area contributed by atoms with E-state index >= 15 is 0 Å². The van der Waals surface area contributed by atoms with Crippen LogP contribution in [0.5, 0.6) is 0 Å². The van der Waals surface area contributed by atoms with Crippen LogP contribution in [0.25, 0.3) is 0 Å². The van der Waals surface area contributed by atoms with E-state index in [1.165, 1.54) is 199 Å². The van der Waals surface area contributed by atoms with Crippen LogP contribution < -0.4 is 0 Å². The Bertz CT molecular complexity index is 1660. The van der Waals surface area contributed by atoms with Crippen molar-refractivity contribution in [1.82, 2.24) is 0 Å². The summed E-state index contributed by atoms with van der Waals surface area (Å²) in [5, 5.41) is 0. The van der Waals surface area contributed by atoms with E-state index in [0.717, 1.165) is 96.3 Å². The maximum atomic E-state index is 12.9. The second kappa shape index (κ2) is 70.6. The van der Waals surface area contributed by atoms with Crippen LogP contribution in [0, 0.1) is 0 Å². The van der Waals surface area contributed by atoms with Crippen molar-refractivity contribution in [2.75, 3.05) is 13.2 Å². The first kappa shape index (κ1) is 79.1. The van der Waals surface area contributed by atoms with Crippen molar-refractivity contribution in [1.29, 1.82) is 0 Å². The molecule has 83 heavy (non-hydrogen) atoms. The molecule has 6 heteroatoms. The predicted molar refractivity (Wildman–Crippen MR) is 362 cm³/mol. The van der Waals surface area contributed by atoms with Crippen LogP contribution in [0.4, 0.5) is 0 Å². The van der Waals surface area contributed by atoms with Crippen LogP contribution in [0.15, 0.2) is 109 Å². The Morgan fingerprint density at radius 2 is 0.482 bits per heavy atom. The zero-order valence-corrected chi connectivity index (χ0v) is 54.7. The fourth-order valence-corrected chi connectivity index (χ4v) is 9.95. The van der Waals surface area contributed by atoms with Crippen molar-refractivity contribution in [3.8, 4) is 0 Å². The van der Waals surface area contributed by atoms with Gasteiger partial charge >= 0.3 is 17.9 Å². The summed E-state index contributed by atoms with van der Waals surface area (Å²) in [5.41, 5.74) is 0. The Kier molecular flexibility index (Phi) is 67.2. The minimum atomic E-state index is -0.813. The van der Waals surface area contributed by atoms with Gasteiger partial charge < -0.3 is 14.2 Å². The van der Waals surface area contributed by atoms with Gasteiger partial charge in [-0.1, -0.05) is 310 Å². The highest BCUT2D eigenvalue weighted by atomic mass is 16.6. The molecule has 476 valence electrons. The second-order valence-corrected chi connectivity index (χ2v) is 23.4. The van der Waals surface area contributed by atoms with Crippen LogP contribution in [-0.4, -0.2) is 37.2 Å². The molecule has 0 aliphatic heterocycles. The molecule has 0 radical (unpaired) electrons. The predicted octanol–water partition coefficient (Wildman–Crippen LogP) is 24.6. The van der Waals surface area contributed by atoms with Crippen molar-refractivity contribution >= 4 is 17.9 Å². The van der Waals surface area contributed by atoms with E-state index in [9.17, 15) is 14.4 Å². The van der Waals surface area contributed by atoms with E-state index in [1.54, 1.807) is 0 Å². The van der Waals surface area contributed by atoms with Gasteiger partial charge in [0.25, 0.3) is 0 Å². The molecule has 0 heterocycles. The molecule has 1 atom stereocenters. The highest BCUT2D eigenvalue weighted by Crippen LogP contribution is 2.17. The Labute approximate surface area is 514 Å². The second-order valence-electron chi connectivity index (χ2n) is 23.4. The smallest absolute Gasteiger partial charge is 0.306 e. The number of carbonyl (C=O) groups excluding carboxylic acids is 3. The average Bonchev–Trinajstić information content (AvgIpc) is 3.49. The molecule has 0 rings (SSSR count). The lowest BCUT2D eigenvalue weighted by molar-refractivity contribution is -0.167. The Morgan fingerprint density at radius 3 is 0.783 bits per heavy atom. The zero-order chi connectivity index (χ0) is 59.9. The number of carbonyl (C=O) groups is 3. The van der Waals surface area contributed by atoms with E-state index < -0.39 is 6.10 Å². The van der Waals surface area contributed by atoms with Crippen LogP contribution in [-0.2, 0) is 28.6 Å². The largest absolute Gasteiger partial charge is 0.462 e. The van der Waals surface area contributed by atoms with Gasteiger partial charge in [0.1, 0.15) is 13.2 Å². The third-order valence-electron chi connectivity index (χ3n) is 15.2. The number of allylic oxidation sites excluding steroid dienone is 18. The maximum absolute atomic E-state index is 12.9. The van der Waals surface area contributed by atoms with Crippen molar-refractivity contribution in [3.63, 3.8) is 0 Å². The molecule has 6 nitrogen and oxygen atoms in total. The maximum Gasteiger partial charge on any atom is 0.306 e. The molecule has 0 aliphatic rings. The molecular formula is C77H132O6. The molecule has 0 amide bonds. The summed E-state index contributed by atoms with van der Waals surface area (Å²) in [6.07, 6.45) is 97.0. The molecule has 0 N–H and O–H groups in total. The van der Waals surface area contributed by atoms with Crippen LogP contribution in [0.2, 0.25) is 0 Å². The first-order valence-electron chi connectivity index (χ1n) is 35.4. The molecule has 0 saturated heterocycles. The molecule has 0 aromatic heterocycles. The van der Waals surface area contributed by atoms with Gasteiger partial charge in [0.05, 0.1) is 0 Å². The number of hydrogen-bond acceptors (Lipinski definition) is 6. The van der Waals surface area contributed by atoms with Crippen LogP contribution in [0.1, 0.15) is 342 Å². The van der Waals surface area contributed by atoms with Gasteiger partial charge in [0.15, 0.2) is 6.10 Å². The number of rotatable bonds is 64. The third kappa shape index (κ3) is 68.7. The summed E-state index contributed by atoms with van der Waals surface area (Å²) in [4.78, 5) is 38.4. The van der Waals surface area contributed by atoms with Gasteiger partial charge in [0.2, 0.25) is 0 Å². The first-order valence-corrected chi connectivity index (χ1v) is 35.4. The van der Waals surface area contributed by atoms with Gasteiger partial charge in [-0.3, -0.25) is 14.4 Å². The lowest BCUT2D eigenvalue weighted by atomic mass is 10.0. The molecule has 0 bridgehead atoms. The van der Waals surface area contributed by atoms with Crippen molar-refractivity contribution in [2.24, 2.45) is 0 Å². The summed E-state index contributed by atoms with van der Waals surface area (Å²) >= 11 is 0. The highest BCUT2D eigenvalue weighted by molar-refractivity contribution is 5.71. The van der Waals surface area contributed by atoms with E-state index in [1.807, 2.05) is 0 Å². The Morgan fingerprint density at radius 1 is 0.253 bits per heavy atom. The summed E-state index contributed by atoms with van der Waals surface area (Å²) in [6, 6.07) is 0. The monoisotopic (exact) mass is 1150 g/mol. The molecule has 0 spiro atoms. The van der Waals surface area contributed by atoms with E-state index in [0.29, 0.717) is 19.3 Å². The topological polar surface area (TPSA) is 78.9 Å². The minimum Gasteiger partial charge on any atom is -0.462 e. The molecular weight excluding hydrogens is 1020 g/mol. The zero-order valence-electron chi connectivity index (χ0n) is 54.7. The van der Waals surface area contributed by atoms with Crippen LogP contribution in [0.3, 0.4) is 0 Å². The molecule has 0 fully saturated rings. The van der Waals surface area contributed by atoms with E-state index in [2.05, 4.69) is 130 Å². The number of esters is 3. The number of unbranched alkanes of at least 4 members (excludes halogenated alkanes) is 35. The van der Waals surface area contributed by atoms with Crippen LogP contribution >= 0.6 is 0 Å². The normalized spacial score (nSPS) is 12.8. The molecule has 0 saturated carbocycles. The van der Waals surface area contributed by atoms with Crippen molar-refractivity contribution in [2.45, 2.75) is 348 Å². The number of hydrogen-bond donors (Lipinski definition) is 0. The van der Waals surface area contributed by atoms with Gasteiger partial charge in [0, 0.05) is 19.3 Å². The summed E-state index contributed by atoms with van der Waals surface area (Å²) in [7, 11) is 0. The Hall–Kier alpha value is -3.93. The molecule has 0 aliphatic carbocycles. The quantitative estimate of drug-likeness (QED) is 0.0261. The summed E-state index contributed by atoms with van der Waals surface area (Å²) in [6.45, 7) is 6.49. The van der Waals surface area contributed by atoms with Crippen molar-refractivity contribution in [3.05, 3.63) is 109 Å². The molecule has 1 unspecified atom stereocenters. The van der Waals surface area contributed by atoms with Gasteiger partial charge in [-0.25, -0.2) is 0 Å². The van der Waals surface area contributed by atoms with Crippen molar-refractivity contribution < 1.29 is 28.6 Å². The fraction of sp³-hybridized carbons (Fsp3) is 0.727. The van der Waals surface area contributed by atoms with Gasteiger partial charge in [-0.15, -0.1) is 0 Å². The molecule has 0 aromatic rings. The lowest BCUT2D eigenvalue weighted by Gasteiger charge is -2.18. The fourth-order valence-electron chi connectivity index (χ4n) is 9.95. The van der Waals surface area contributed by atoms with E-state index in [-0.39, 0.29) is 37.5 Å². The van der Waals surface area contributed by atoms with Gasteiger partial charge in [-0.05, 0) is 122 Å². The summed E-state index contributed by atoms with van der Waals surface area (Å²) < 4.78 is 16.9. The molecule has 0 aromatic carbocycles. The SMILES string of the molecule is CC/C=C\C/C=C\C/C=C\C/C=C\C/C=C\CCCC(=O)OC(COC(=O)CCCCCCC/C=C\CCCCCCCC)COC(=O)CCCCCCCCCCCCCCCCCCCC/C=C\C/C=C\C/C=C\CCCCCCC. The third-order valence-corrected chi connectivity index (χ3v) is 15.2. The number of ether oxygens (including phenoxy) is 3. The Balaban J connectivity index is 4.25. The van der Waals surface area contributed by atoms with E-state index in [4.69, 9.17) is 14.2 Å². The van der Waals surface area contributed by atoms with Gasteiger partial charge in [-0.2, -0.15) is 0 Å². The highest BCUT2D eigenvalue weighted by Gasteiger charge is 2.19. The minimum absolute atomic E-state index is 0.102. The standard InChI is InChI=1S/C77H132O6/c1-4-7-10-13-16-19-22-25-28-30-31-32-33-34-35-36-37-38-39-40-41-42-43-44-45-47-49-52-55-58-61-64-67-70-76(79)82-73-74(72-81-75(78)69-66-63-60-57-54-51-48-27-24-21-18-15-12-9-6-3)83-77(80)71-68-65-62-59-56-53-50-46-29-26-23-20-17-14-11-8-5-2/h8,11,17,20,22,25-27,29-31,33-34,48,50,53,59,62,74H,4-7,9-10,12-16,18-19,21,23-24,28,32,35-47,49,51-52,54-58,60-61,63-73H2,1-3H3/b11-8-,20-17-,25-22-,29-26-,31-30-,34-33-,48-27-,53-50-,62-59-. The summed E-state index contributed by atoms with van der Waals surface area (Å²) in [5.74, 6) is -0.958.